The van der Waals surface area contributed by atoms with Crippen molar-refractivity contribution in [1.82, 2.24) is 24.7 Å². The standard InChI is InChI=1S/C21H29N7/c1-4-27-12-10-18(11-13-27)22-19-14-20(25-28-16(2)23-24-21(19)28)26(3)15-17-8-6-5-7-9-17/h5-9,14,18,22H,4,10-13,15H2,1-3H3. The molecule has 0 amide bonds. The van der Waals surface area contributed by atoms with E-state index in [1.54, 1.807) is 0 Å². The molecule has 7 heteroatoms. The minimum atomic E-state index is 0.457. The molecule has 148 valence electrons. The molecule has 7 nitrogen and oxygen atoms in total. The summed E-state index contributed by atoms with van der Waals surface area (Å²) in [4.78, 5) is 4.67. The number of aryl methyl sites for hydroxylation is 1. The number of aromatic nitrogens is 4. The van der Waals surface area contributed by atoms with Crippen LogP contribution in [0.5, 0.6) is 0 Å². The van der Waals surface area contributed by atoms with Crippen molar-refractivity contribution >= 4 is 17.2 Å². The van der Waals surface area contributed by atoms with Crippen LogP contribution >= 0.6 is 0 Å². The van der Waals surface area contributed by atoms with Gasteiger partial charge in [-0.3, -0.25) is 0 Å². The van der Waals surface area contributed by atoms with Gasteiger partial charge in [-0.1, -0.05) is 37.3 Å². The van der Waals surface area contributed by atoms with E-state index in [-0.39, 0.29) is 0 Å². The molecule has 0 radical (unpaired) electrons. The molecular formula is C21H29N7. The first-order valence-electron chi connectivity index (χ1n) is 10.1. The summed E-state index contributed by atoms with van der Waals surface area (Å²) in [6, 6.07) is 13.0. The first kappa shape index (κ1) is 18.7. The number of nitrogens with one attached hydrogen (secondary N) is 1. The molecule has 0 spiro atoms. The summed E-state index contributed by atoms with van der Waals surface area (Å²) in [6.07, 6.45) is 2.29. The van der Waals surface area contributed by atoms with E-state index in [1.165, 1.54) is 5.56 Å². The average Bonchev–Trinajstić information content (AvgIpc) is 3.10. The fourth-order valence-corrected chi connectivity index (χ4v) is 3.81. The van der Waals surface area contributed by atoms with Crippen LogP contribution in [-0.2, 0) is 6.54 Å². The van der Waals surface area contributed by atoms with Crippen LogP contribution in [0.3, 0.4) is 0 Å². The van der Waals surface area contributed by atoms with Gasteiger partial charge in [0.15, 0.2) is 11.6 Å². The molecule has 0 atom stereocenters. The van der Waals surface area contributed by atoms with E-state index in [0.717, 1.165) is 62.0 Å². The van der Waals surface area contributed by atoms with Crippen molar-refractivity contribution in [2.24, 2.45) is 0 Å². The number of piperidine rings is 1. The molecule has 0 unspecified atom stereocenters. The summed E-state index contributed by atoms with van der Waals surface area (Å²) < 4.78 is 1.85. The van der Waals surface area contributed by atoms with Crippen LogP contribution in [0, 0.1) is 6.92 Å². The van der Waals surface area contributed by atoms with Gasteiger partial charge in [-0.15, -0.1) is 15.3 Å². The first-order valence-corrected chi connectivity index (χ1v) is 10.1. The minimum Gasteiger partial charge on any atom is -0.379 e. The second-order valence-electron chi connectivity index (χ2n) is 7.59. The molecule has 2 aromatic heterocycles. The summed E-state index contributed by atoms with van der Waals surface area (Å²) in [7, 11) is 2.07. The van der Waals surface area contributed by atoms with Crippen LogP contribution in [0.15, 0.2) is 36.4 Å². The molecule has 3 aromatic rings. The third kappa shape index (κ3) is 3.94. The number of rotatable bonds is 6. The van der Waals surface area contributed by atoms with Gasteiger partial charge in [0, 0.05) is 38.8 Å². The predicted molar refractivity (Wildman–Crippen MR) is 113 cm³/mol. The van der Waals surface area contributed by atoms with Crippen molar-refractivity contribution in [2.75, 3.05) is 36.9 Å². The van der Waals surface area contributed by atoms with Gasteiger partial charge < -0.3 is 15.1 Å². The van der Waals surface area contributed by atoms with Gasteiger partial charge in [0.2, 0.25) is 5.65 Å². The van der Waals surface area contributed by atoms with E-state index in [2.05, 4.69) is 69.6 Å². The summed E-state index contributed by atoms with van der Waals surface area (Å²) in [5, 5.41) is 17.1. The second-order valence-corrected chi connectivity index (χ2v) is 7.59. The normalized spacial score (nSPS) is 15.8. The zero-order chi connectivity index (χ0) is 19.5. The van der Waals surface area contributed by atoms with E-state index < -0.39 is 0 Å². The largest absolute Gasteiger partial charge is 0.379 e. The highest BCUT2D eigenvalue weighted by atomic mass is 15.4. The summed E-state index contributed by atoms with van der Waals surface area (Å²) in [5.74, 6) is 1.71. The van der Waals surface area contributed by atoms with Crippen molar-refractivity contribution < 1.29 is 0 Å². The van der Waals surface area contributed by atoms with Crippen molar-refractivity contribution in [3.63, 3.8) is 0 Å². The molecule has 1 aromatic carbocycles. The number of likely N-dealkylation sites (tertiary alicyclic amines) is 1. The Morgan fingerprint density at radius 3 is 2.61 bits per heavy atom. The molecule has 0 aliphatic carbocycles. The van der Waals surface area contributed by atoms with E-state index >= 15 is 0 Å². The van der Waals surface area contributed by atoms with E-state index in [9.17, 15) is 0 Å². The lowest BCUT2D eigenvalue weighted by Crippen LogP contribution is -2.39. The fraction of sp³-hybridized carbons (Fsp3) is 0.476. The van der Waals surface area contributed by atoms with Crippen LogP contribution in [0.4, 0.5) is 11.5 Å². The number of hydrogen-bond acceptors (Lipinski definition) is 6. The maximum absolute atomic E-state index is 4.78. The molecule has 0 bridgehead atoms. The van der Waals surface area contributed by atoms with Gasteiger partial charge in [0.05, 0.1) is 5.69 Å². The lowest BCUT2D eigenvalue weighted by Gasteiger charge is -2.32. The zero-order valence-electron chi connectivity index (χ0n) is 17.0. The number of benzene rings is 1. The Bertz CT molecular complexity index is 913. The summed E-state index contributed by atoms with van der Waals surface area (Å²) in [5.41, 5.74) is 3.07. The Morgan fingerprint density at radius 2 is 1.89 bits per heavy atom. The smallest absolute Gasteiger partial charge is 0.201 e. The van der Waals surface area contributed by atoms with Gasteiger partial charge in [-0.05, 0) is 31.9 Å². The highest BCUT2D eigenvalue weighted by Gasteiger charge is 2.20. The average molecular weight is 380 g/mol. The zero-order valence-corrected chi connectivity index (χ0v) is 17.0. The molecule has 4 rings (SSSR count). The third-order valence-electron chi connectivity index (χ3n) is 5.56. The number of anilines is 2. The lowest BCUT2D eigenvalue weighted by atomic mass is 10.0. The van der Waals surface area contributed by atoms with Gasteiger partial charge in [0.25, 0.3) is 0 Å². The number of hydrogen-bond donors (Lipinski definition) is 1. The summed E-state index contributed by atoms with van der Waals surface area (Å²) in [6.45, 7) is 8.38. The predicted octanol–water partition coefficient (Wildman–Crippen LogP) is 2.97. The monoisotopic (exact) mass is 379 g/mol. The SMILES string of the molecule is CCN1CCC(Nc2cc(N(C)Cc3ccccc3)nn3c(C)nnc23)CC1. The molecule has 1 aliphatic rings. The van der Waals surface area contributed by atoms with E-state index in [4.69, 9.17) is 5.10 Å². The van der Waals surface area contributed by atoms with Crippen molar-refractivity contribution in [2.45, 2.75) is 39.3 Å². The van der Waals surface area contributed by atoms with E-state index in [0.29, 0.717) is 6.04 Å². The Labute approximate surface area is 166 Å². The van der Waals surface area contributed by atoms with Gasteiger partial charge >= 0.3 is 0 Å². The van der Waals surface area contributed by atoms with Crippen molar-refractivity contribution in [3.8, 4) is 0 Å². The molecule has 3 heterocycles. The lowest BCUT2D eigenvalue weighted by molar-refractivity contribution is 0.229. The van der Waals surface area contributed by atoms with Crippen LogP contribution in [0.25, 0.3) is 5.65 Å². The Kier molecular flexibility index (Phi) is 5.43. The van der Waals surface area contributed by atoms with Gasteiger partial charge in [-0.2, -0.15) is 4.52 Å². The highest BCUT2D eigenvalue weighted by Crippen LogP contribution is 2.25. The third-order valence-corrected chi connectivity index (χ3v) is 5.56. The second kappa shape index (κ2) is 8.14. The Morgan fingerprint density at radius 1 is 1.14 bits per heavy atom. The number of nitrogens with zero attached hydrogens (tertiary/aromatic N) is 6. The minimum absolute atomic E-state index is 0.457. The van der Waals surface area contributed by atoms with Crippen LogP contribution < -0.4 is 10.2 Å². The maximum atomic E-state index is 4.78. The molecule has 1 saturated heterocycles. The Balaban J connectivity index is 1.59. The van der Waals surface area contributed by atoms with Crippen molar-refractivity contribution in [3.05, 3.63) is 47.8 Å². The molecule has 1 fully saturated rings. The first-order chi connectivity index (χ1) is 13.6. The van der Waals surface area contributed by atoms with Gasteiger partial charge in [0.1, 0.15) is 0 Å². The summed E-state index contributed by atoms with van der Waals surface area (Å²) >= 11 is 0. The highest BCUT2D eigenvalue weighted by molar-refractivity contribution is 5.70. The van der Waals surface area contributed by atoms with Crippen LogP contribution in [0.2, 0.25) is 0 Å². The quantitative estimate of drug-likeness (QED) is 0.710. The Hall–Kier alpha value is -2.67. The van der Waals surface area contributed by atoms with Crippen LogP contribution in [-0.4, -0.2) is 57.4 Å². The van der Waals surface area contributed by atoms with Crippen molar-refractivity contribution in [1.29, 1.82) is 0 Å². The van der Waals surface area contributed by atoms with Gasteiger partial charge in [-0.25, -0.2) is 0 Å². The molecule has 0 saturated carbocycles. The molecule has 1 aliphatic heterocycles. The van der Waals surface area contributed by atoms with E-state index in [1.807, 2.05) is 17.5 Å². The molecule has 1 N–H and O–H groups in total. The fourth-order valence-electron chi connectivity index (χ4n) is 3.81. The molecule has 28 heavy (non-hydrogen) atoms. The molecular weight excluding hydrogens is 350 g/mol. The topological polar surface area (TPSA) is 61.6 Å². The maximum Gasteiger partial charge on any atom is 0.201 e. The van der Waals surface area contributed by atoms with Crippen LogP contribution in [0.1, 0.15) is 31.2 Å². The number of fused-ring (bicyclic) bond motifs is 1.